The van der Waals surface area contributed by atoms with Gasteiger partial charge < -0.3 is 5.73 Å². The van der Waals surface area contributed by atoms with Crippen LogP contribution in [-0.4, -0.2) is 6.04 Å². The molecule has 2 rings (SSSR count). The van der Waals surface area contributed by atoms with Crippen LogP contribution in [0.1, 0.15) is 36.8 Å². The minimum Gasteiger partial charge on any atom is -0.327 e. The van der Waals surface area contributed by atoms with E-state index in [-0.39, 0.29) is 6.04 Å². The van der Waals surface area contributed by atoms with E-state index in [4.69, 9.17) is 5.73 Å². The molecule has 1 nitrogen and oxygen atoms in total. The third-order valence-corrected chi connectivity index (χ3v) is 3.18. The van der Waals surface area contributed by atoms with Crippen LogP contribution in [0.2, 0.25) is 0 Å². The van der Waals surface area contributed by atoms with Crippen LogP contribution in [0.25, 0.3) is 6.08 Å². The van der Waals surface area contributed by atoms with Crippen molar-refractivity contribution in [3.05, 3.63) is 41.0 Å². The lowest BCUT2D eigenvalue weighted by Gasteiger charge is -2.20. The predicted octanol–water partition coefficient (Wildman–Crippen LogP) is 3.99. The molecule has 1 aliphatic carbocycles. The Balaban J connectivity index is 2.21. The zero-order valence-electron chi connectivity index (χ0n) is 10.0. The first-order chi connectivity index (χ1) is 8.45. The Hall–Kier alpha value is -1.29. The maximum Gasteiger partial charge on any atom is 0.416 e. The molecule has 18 heavy (non-hydrogen) atoms. The average molecular weight is 255 g/mol. The number of hydrogen-bond acceptors (Lipinski definition) is 1. The van der Waals surface area contributed by atoms with Crippen molar-refractivity contribution >= 4 is 6.08 Å². The Bertz CT molecular complexity index is 449. The van der Waals surface area contributed by atoms with Crippen molar-refractivity contribution in [1.82, 2.24) is 0 Å². The first-order valence-corrected chi connectivity index (χ1v) is 6.07. The van der Waals surface area contributed by atoms with Crippen LogP contribution in [0.5, 0.6) is 0 Å². The number of halogens is 3. The summed E-state index contributed by atoms with van der Waals surface area (Å²) in [6.07, 6.45) is 1.30. The summed E-state index contributed by atoms with van der Waals surface area (Å²) in [5.74, 6) is 0. The summed E-state index contributed by atoms with van der Waals surface area (Å²) in [6.45, 7) is 0. The summed E-state index contributed by atoms with van der Waals surface area (Å²) < 4.78 is 37.7. The van der Waals surface area contributed by atoms with E-state index in [9.17, 15) is 13.2 Å². The molecule has 0 amide bonds. The summed E-state index contributed by atoms with van der Waals surface area (Å²) >= 11 is 0. The first kappa shape index (κ1) is 13.1. The van der Waals surface area contributed by atoms with Crippen molar-refractivity contribution in [2.24, 2.45) is 5.73 Å². The lowest BCUT2D eigenvalue weighted by molar-refractivity contribution is -0.137. The highest BCUT2D eigenvalue weighted by Gasteiger charge is 2.30. The molecule has 0 radical (unpaired) electrons. The standard InChI is InChI=1S/C14H16F3N/c15-14(16,17)12-5-1-3-10(8-12)7-11-4-2-6-13(18)9-11/h1,3,5,7-8,13H,2,4,6,9,18H2. The highest BCUT2D eigenvalue weighted by atomic mass is 19.4. The molecule has 1 fully saturated rings. The molecule has 0 bridgehead atoms. The molecule has 0 saturated heterocycles. The second-order valence-corrected chi connectivity index (χ2v) is 4.78. The van der Waals surface area contributed by atoms with E-state index in [2.05, 4.69) is 0 Å². The minimum atomic E-state index is -4.28. The Morgan fingerprint density at radius 1 is 1.28 bits per heavy atom. The van der Waals surface area contributed by atoms with Gasteiger partial charge in [0.2, 0.25) is 0 Å². The fourth-order valence-corrected chi connectivity index (χ4v) is 2.30. The lowest BCUT2D eigenvalue weighted by Crippen LogP contribution is -2.23. The summed E-state index contributed by atoms with van der Waals surface area (Å²) in [5.41, 5.74) is 7.01. The molecular formula is C14H16F3N. The zero-order valence-corrected chi connectivity index (χ0v) is 10.0. The Labute approximate surface area is 104 Å². The van der Waals surface area contributed by atoms with E-state index in [1.807, 2.05) is 6.08 Å². The number of nitrogens with two attached hydrogens (primary N) is 1. The molecule has 0 aliphatic heterocycles. The van der Waals surface area contributed by atoms with Crippen molar-refractivity contribution in [2.45, 2.75) is 37.9 Å². The molecular weight excluding hydrogens is 239 g/mol. The number of rotatable bonds is 1. The average Bonchev–Trinajstić information content (AvgIpc) is 2.28. The van der Waals surface area contributed by atoms with Crippen LogP contribution in [0.15, 0.2) is 29.8 Å². The van der Waals surface area contributed by atoms with Gasteiger partial charge in [0.05, 0.1) is 5.56 Å². The third kappa shape index (κ3) is 3.35. The smallest absolute Gasteiger partial charge is 0.327 e. The van der Waals surface area contributed by atoms with Gasteiger partial charge in [0.25, 0.3) is 0 Å². The summed E-state index contributed by atoms with van der Waals surface area (Å²) in [7, 11) is 0. The quantitative estimate of drug-likeness (QED) is 0.806. The van der Waals surface area contributed by atoms with Crippen LogP contribution in [-0.2, 0) is 6.18 Å². The Kier molecular flexibility index (Phi) is 3.76. The van der Waals surface area contributed by atoms with Crippen molar-refractivity contribution in [1.29, 1.82) is 0 Å². The van der Waals surface area contributed by atoms with Gasteiger partial charge in [-0.05, 0) is 43.4 Å². The van der Waals surface area contributed by atoms with Gasteiger partial charge in [0.1, 0.15) is 0 Å². The summed E-state index contributed by atoms with van der Waals surface area (Å²) in [4.78, 5) is 0. The van der Waals surface area contributed by atoms with Crippen molar-refractivity contribution < 1.29 is 13.2 Å². The second kappa shape index (κ2) is 5.14. The van der Waals surface area contributed by atoms with E-state index in [1.165, 1.54) is 12.1 Å². The van der Waals surface area contributed by atoms with Gasteiger partial charge in [-0.25, -0.2) is 0 Å². The van der Waals surface area contributed by atoms with Crippen LogP contribution in [0.4, 0.5) is 13.2 Å². The Morgan fingerprint density at radius 3 is 2.72 bits per heavy atom. The normalized spacial score (nSPS) is 23.3. The van der Waals surface area contributed by atoms with Gasteiger partial charge in [0, 0.05) is 6.04 Å². The number of alkyl halides is 3. The molecule has 0 heterocycles. The highest BCUT2D eigenvalue weighted by Crippen LogP contribution is 2.31. The highest BCUT2D eigenvalue weighted by molar-refractivity contribution is 5.54. The van der Waals surface area contributed by atoms with E-state index >= 15 is 0 Å². The maximum absolute atomic E-state index is 12.6. The molecule has 0 spiro atoms. The summed E-state index contributed by atoms with van der Waals surface area (Å²) in [6, 6.07) is 5.57. The largest absolute Gasteiger partial charge is 0.416 e. The Morgan fingerprint density at radius 2 is 2.06 bits per heavy atom. The molecule has 0 aromatic heterocycles. The molecule has 1 saturated carbocycles. The molecule has 1 atom stereocenters. The van der Waals surface area contributed by atoms with E-state index in [0.29, 0.717) is 5.56 Å². The molecule has 2 N–H and O–H groups in total. The monoisotopic (exact) mass is 255 g/mol. The van der Waals surface area contributed by atoms with E-state index < -0.39 is 11.7 Å². The first-order valence-electron chi connectivity index (χ1n) is 6.07. The second-order valence-electron chi connectivity index (χ2n) is 4.78. The van der Waals surface area contributed by atoms with Gasteiger partial charge in [-0.1, -0.05) is 23.8 Å². The summed E-state index contributed by atoms with van der Waals surface area (Å²) in [5, 5.41) is 0. The lowest BCUT2D eigenvalue weighted by atomic mass is 9.90. The van der Waals surface area contributed by atoms with Crippen LogP contribution in [0, 0.1) is 0 Å². The van der Waals surface area contributed by atoms with Crippen molar-refractivity contribution in [3.8, 4) is 0 Å². The molecule has 1 unspecified atom stereocenters. The third-order valence-electron chi connectivity index (χ3n) is 3.18. The van der Waals surface area contributed by atoms with Crippen LogP contribution < -0.4 is 5.73 Å². The van der Waals surface area contributed by atoms with Crippen molar-refractivity contribution in [3.63, 3.8) is 0 Å². The zero-order chi connectivity index (χ0) is 13.2. The van der Waals surface area contributed by atoms with Gasteiger partial charge >= 0.3 is 6.18 Å². The molecule has 1 aromatic carbocycles. The van der Waals surface area contributed by atoms with Crippen LogP contribution >= 0.6 is 0 Å². The maximum atomic E-state index is 12.6. The molecule has 4 heteroatoms. The van der Waals surface area contributed by atoms with Gasteiger partial charge in [-0.2, -0.15) is 13.2 Å². The number of hydrogen-bond donors (Lipinski definition) is 1. The topological polar surface area (TPSA) is 26.0 Å². The van der Waals surface area contributed by atoms with Gasteiger partial charge in [-0.15, -0.1) is 0 Å². The van der Waals surface area contributed by atoms with E-state index in [0.717, 1.165) is 37.3 Å². The fraction of sp³-hybridized carbons (Fsp3) is 0.429. The molecule has 98 valence electrons. The molecule has 1 aliphatic rings. The number of benzene rings is 1. The fourth-order valence-electron chi connectivity index (χ4n) is 2.30. The predicted molar refractivity (Wildman–Crippen MR) is 65.9 cm³/mol. The van der Waals surface area contributed by atoms with Crippen LogP contribution in [0.3, 0.4) is 0 Å². The van der Waals surface area contributed by atoms with E-state index in [1.54, 1.807) is 6.07 Å². The molecule has 1 aromatic rings. The SMILES string of the molecule is NC1CCCC(=Cc2cccc(C(F)(F)F)c2)C1. The van der Waals surface area contributed by atoms with Gasteiger partial charge in [-0.3, -0.25) is 0 Å². The van der Waals surface area contributed by atoms with Crippen molar-refractivity contribution in [2.75, 3.05) is 0 Å². The van der Waals surface area contributed by atoms with Gasteiger partial charge in [0.15, 0.2) is 0 Å². The minimum absolute atomic E-state index is 0.149.